The maximum absolute atomic E-state index is 12.8. The van der Waals surface area contributed by atoms with E-state index in [1.807, 2.05) is 4.90 Å². The zero-order valence-electron chi connectivity index (χ0n) is 16.4. The summed E-state index contributed by atoms with van der Waals surface area (Å²) in [6, 6.07) is 6.69. The van der Waals surface area contributed by atoms with Crippen molar-refractivity contribution in [2.75, 3.05) is 13.7 Å². The molecule has 3 fully saturated rings. The first-order chi connectivity index (χ1) is 14.0. The number of fused-ring (bicyclic) bond motifs is 2. The number of hydrogen-bond acceptors (Lipinski definition) is 5. The van der Waals surface area contributed by atoms with E-state index in [-0.39, 0.29) is 48.3 Å². The fraction of sp³-hybridized carbons (Fsp3) is 0.524. The molecule has 1 aromatic carbocycles. The van der Waals surface area contributed by atoms with E-state index in [1.54, 1.807) is 24.3 Å². The number of imide groups is 1. The molecule has 8 nitrogen and oxygen atoms in total. The summed E-state index contributed by atoms with van der Waals surface area (Å²) in [5.41, 5.74) is 0.435. The Labute approximate surface area is 169 Å². The van der Waals surface area contributed by atoms with Gasteiger partial charge in [-0.1, -0.05) is 6.07 Å². The Hall–Kier alpha value is -2.90. The predicted octanol–water partition coefficient (Wildman–Crippen LogP) is 1.10. The molecule has 3 aliphatic heterocycles. The van der Waals surface area contributed by atoms with Crippen molar-refractivity contribution in [1.29, 1.82) is 0 Å². The zero-order chi connectivity index (χ0) is 20.5. The Morgan fingerprint density at radius 2 is 1.72 bits per heavy atom. The number of methoxy groups -OCH3 is 1. The Morgan fingerprint density at radius 1 is 1.07 bits per heavy atom. The molecule has 3 heterocycles. The molecule has 0 spiro atoms. The van der Waals surface area contributed by atoms with Crippen LogP contribution < -0.4 is 10.1 Å². The number of amides is 4. The SMILES string of the molecule is COc1cccc(C(=O)NCC(=O)N2C3CCC2CC(N2C(=O)CCC2=O)C3)c1. The van der Waals surface area contributed by atoms with E-state index in [2.05, 4.69) is 5.32 Å². The van der Waals surface area contributed by atoms with E-state index in [4.69, 9.17) is 4.74 Å². The maximum Gasteiger partial charge on any atom is 0.251 e. The summed E-state index contributed by atoms with van der Waals surface area (Å²) < 4.78 is 5.12. The van der Waals surface area contributed by atoms with E-state index in [0.717, 1.165) is 12.8 Å². The minimum Gasteiger partial charge on any atom is -0.497 e. The number of ether oxygens (including phenoxy) is 1. The number of rotatable bonds is 5. The molecule has 2 atom stereocenters. The van der Waals surface area contributed by atoms with Crippen LogP contribution in [0.3, 0.4) is 0 Å². The number of likely N-dealkylation sites (tertiary alicyclic amines) is 1. The van der Waals surface area contributed by atoms with Crippen molar-refractivity contribution in [3.63, 3.8) is 0 Å². The standard InChI is InChI=1S/C21H25N3O5/c1-29-17-4-2-3-13(9-17)21(28)22-12-20(27)23-14-5-6-15(23)11-16(10-14)24-18(25)7-8-19(24)26/h2-4,9,14-16H,5-8,10-12H2,1H3,(H,22,28). The van der Waals surface area contributed by atoms with E-state index >= 15 is 0 Å². The van der Waals surface area contributed by atoms with Crippen LogP contribution in [0.25, 0.3) is 0 Å². The monoisotopic (exact) mass is 399 g/mol. The quantitative estimate of drug-likeness (QED) is 0.748. The number of hydrogen-bond donors (Lipinski definition) is 1. The van der Waals surface area contributed by atoms with Gasteiger partial charge in [-0.05, 0) is 43.9 Å². The average Bonchev–Trinajstić information content (AvgIpc) is 3.20. The summed E-state index contributed by atoms with van der Waals surface area (Å²) in [5, 5.41) is 2.69. The van der Waals surface area contributed by atoms with Crippen LogP contribution in [0.15, 0.2) is 24.3 Å². The molecule has 2 unspecified atom stereocenters. The molecule has 1 aromatic rings. The van der Waals surface area contributed by atoms with Crippen molar-refractivity contribution in [2.45, 2.75) is 56.7 Å². The molecular formula is C21H25N3O5. The Morgan fingerprint density at radius 3 is 2.34 bits per heavy atom. The second kappa shape index (κ2) is 7.85. The molecule has 0 aliphatic carbocycles. The van der Waals surface area contributed by atoms with Gasteiger partial charge in [0.25, 0.3) is 5.91 Å². The smallest absolute Gasteiger partial charge is 0.251 e. The molecule has 29 heavy (non-hydrogen) atoms. The normalized spacial score (nSPS) is 26.0. The molecule has 1 N–H and O–H groups in total. The van der Waals surface area contributed by atoms with Crippen LogP contribution in [-0.2, 0) is 14.4 Å². The molecule has 154 valence electrons. The second-order valence-corrected chi connectivity index (χ2v) is 7.88. The molecule has 3 saturated heterocycles. The van der Waals surface area contributed by atoms with Crippen molar-refractivity contribution in [3.05, 3.63) is 29.8 Å². The van der Waals surface area contributed by atoms with Crippen molar-refractivity contribution < 1.29 is 23.9 Å². The minimum absolute atomic E-state index is 0.0150. The predicted molar refractivity (Wildman–Crippen MR) is 103 cm³/mol. The lowest BCUT2D eigenvalue weighted by Gasteiger charge is -2.41. The largest absolute Gasteiger partial charge is 0.497 e. The zero-order valence-corrected chi connectivity index (χ0v) is 16.4. The number of benzene rings is 1. The van der Waals surface area contributed by atoms with Crippen molar-refractivity contribution >= 4 is 23.6 Å². The Balaban J connectivity index is 1.36. The fourth-order valence-electron chi connectivity index (χ4n) is 4.88. The highest BCUT2D eigenvalue weighted by molar-refractivity contribution is 6.02. The molecule has 2 bridgehead atoms. The number of carbonyl (C=O) groups is 4. The molecule has 8 heteroatoms. The van der Waals surface area contributed by atoms with Gasteiger partial charge < -0.3 is 15.0 Å². The number of nitrogens with one attached hydrogen (secondary N) is 1. The molecule has 3 aliphatic rings. The van der Waals surface area contributed by atoms with Gasteiger partial charge in [-0.3, -0.25) is 24.1 Å². The minimum atomic E-state index is -0.326. The number of piperidine rings is 1. The van der Waals surface area contributed by atoms with Gasteiger partial charge in [-0.15, -0.1) is 0 Å². The van der Waals surface area contributed by atoms with E-state index in [0.29, 0.717) is 37.0 Å². The molecule has 0 radical (unpaired) electrons. The summed E-state index contributed by atoms with van der Waals surface area (Å²) >= 11 is 0. The average molecular weight is 399 g/mol. The number of carbonyl (C=O) groups excluding carboxylic acids is 4. The van der Waals surface area contributed by atoms with Crippen LogP contribution in [0.4, 0.5) is 0 Å². The summed E-state index contributed by atoms with van der Waals surface area (Å²) in [6.45, 7) is -0.0741. The van der Waals surface area contributed by atoms with Crippen LogP contribution in [0.1, 0.15) is 48.9 Å². The summed E-state index contributed by atoms with van der Waals surface area (Å²) in [5.74, 6) is -0.0522. The first kappa shape index (κ1) is 19.4. The molecule has 0 aromatic heterocycles. The van der Waals surface area contributed by atoms with Crippen LogP contribution in [0.5, 0.6) is 5.75 Å². The topological polar surface area (TPSA) is 96.0 Å². The third-order valence-electron chi connectivity index (χ3n) is 6.18. The van der Waals surface area contributed by atoms with Crippen molar-refractivity contribution in [3.8, 4) is 5.75 Å². The molecular weight excluding hydrogens is 374 g/mol. The van der Waals surface area contributed by atoms with Gasteiger partial charge in [-0.25, -0.2) is 0 Å². The lowest BCUT2D eigenvalue weighted by atomic mass is 9.96. The van der Waals surface area contributed by atoms with Crippen LogP contribution in [0, 0.1) is 0 Å². The fourth-order valence-corrected chi connectivity index (χ4v) is 4.88. The van der Waals surface area contributed by atoms with Gasteiger partial charge in [0, 0.05) is 36.5 Å². The second-order valence-electron chi connectivity index (χ2n) is 7.88. The summed E-state index contributed by atoms with van der Waals surface area (Å²) in [7, 11) is 1.53. The maximum atomic E-state index is 12.8. The third kappa shape index (κ3) is 3.71. The Bertz CT molecular complexity index is 824. The molecule has 4 amide bonds. The van der Waals surface area contributed by atoms with Gasteiger partial charge in [0.15, 0.2) is 0 Å². The van der Waals surface area contributed by atoms with Crippen LogP contribution in [-0.4, -0.2) is 65.2 Å². The molecule has 0 saturated carbocycles. The van der Waals surface area contributed by atoms with E-state index in [9.17, 15) is 19.2 Å². The summed E-state index contributed by atoms with van der Waals surface area (Å²) in [6.07, 6.45) is 3.58. The van der Waals surface area contributed by atoms with Gasteiger partial charge in [0.05, 0.1) is 13.7 Å². The highest BCUT2D eigenvalue weighted by Crippen LogP contribution is 2.38. The van der Waals surface area contributed by atoms with Gasteiger partial charge in [0.1, 0.15) is 5.75 Å². The van der Waals surface area contributed by atoms with Gasteiger partial charge in [0.2, 0.25) is 17.7 Å². The number of nitrogens with zero attached hydrogens (tertiary/aromatic N) is 2. The first-order valence-electron chi connectivity index (χ1n) is 10.1. The van der Waals surface area contributed by atoms with Gasteiger partial charge in [-0.2, -0.15) is 0 Å². The van der Waals surface area contributed by atoms with Crippen molar-refractivity contribution in [2.24, 2.45) is 0 Å². The highest BCUT2D eigenvalue weighted by atomic mass is 16.5. The lowest BCUT2D eigenvalue weighted by Crippen LogP contribution is -2.55. The van der Waals surface area contributed by atoms with E-state index in [1.165, 1.54) is 12.0 Å². The molecule has 4 rings (SSSR count). The first-order valence-corrected chi connectivity index (χ1v) is 10.1. The van der Waals surface area contributed by atoms with Crippen LogP contribution >= 0.6 is 0 Å². The van der Waals surface area contributed by atoms with Gasteiger partial charge >= 0.3 is 0 Å². The van der Waals surface area contributed by atoms with Crippen molar-refractivity contribution in [1.82, 2.24) is 15.1 Å². The summed E-state index contributed by atoms with van der Waals surface area (Å²) in [4.78, 5) is 52.6. The van der Waals surface area contributed by atoms with E-state index < -0.39 is 0 Å². The van der Waals surface area contributed by atoms with Crippen LogP contribution in [0.2, 0.25) is 0 Å². The highest BCUT2D eigenvalue weighted by Gasteiger charge is 2.47. The Kier molecular flexibility index (Phi) is 5.25. The third-order valence-corrected chi connectivity index (χ3v) is 6.18. The lowest BCUT2D eigenvalue weighted by molar-refractivity contribution is -0.144.